The lowest BCUT2D eigenvalue weighted by Crippen LogP contribution is -2.21. The van der Waals surface area contributed by atoms with E-state index in [0.29, 0.717) is 18.1 Å². The van der Waals surface area contributed by atoms with Gasteiger partial charge in [0.2, 0.25) is 5.91 Å². The molecule has 2 aliphatic rings. The molecule has 20 heavy (non-hydrogen) atoms. The lowest BCUT2D eigenvalue weighted by Gasteiger charge is -2.14. The number of amides is 1. The summed E-state index contributed by atoms with van der Waals surface area (Å²) < 4.78 is 10.8. The second-order valence-corrected chi connectivity index (χ2v) is 5.71. The van der Waals surface area contributed by atoms with Crippen molar-refractivity contribution in [2.75, 3.05) is 19.0 Å². The second-order valence-electron chi connectivity index (χ2n) is 5.71. The zero-order valence-electron chi connectivity index (χ0n) is 12.0. The summed E-state index contributed by atoms with van der Waals surface area (Å²) in [5.74, 6) is 3.33. The molecule has 0 saturated heterocycles. The van der Waals surface area contributed by atoms with E-state index >= 15 is 0 Å². The molecule has 0 bridgehead atoms. The third kappa shape index (κ3) is 2.60. The normalized spacial score (nSPS) is 26.8. The fourth-order valence-electron chi connectivity index (χ4n) is 3.19. The summed E-state index contributed by atoms with van der Waals surface area (Å²) in [6, 6.07) is 5.52. The van der Waals surface area contributed by atoms with Gasteiger partial charge in [0, 0.05) is 17.7 Å². The van der Waals surface area contributed by atoms with E-state index in [1.54, 1.807) is 7.11 Å². The van der Waals surface area contributed by atoms with Crippen molar-refractivity contribution in [2.45, 2.75) is 26.2 Å². The van der Waals surface area contributed by atoms with E-state index in [9.17, 15) is 4.79 Å². The van der Waals surface area contributed by atoms with Gasteiger partial charge >= 0.3 is 0 Å². The predicted octanol–water partition coefficient (Wildman–Crippen LogP) is 3.08. The smallest absolute Gasteiger partial charge is 0.227 e. The van der Waals surface area contributed by atoms with Crippen LogP contribution in [0, 0.1) is 17.8 Å². The summed E-state index contributed by atoms with van der Waals surface area (Å²) in [5, 5.41) is 2.99. The minimum atomic E-state index is 0.142. The molecule has 2 atom stereocenters. The van der Waals surface area contributed by atoms with Crippen LogP contribution in [0.4, 0.5) is 5.69 Å². The minimum Gasteiger partial charge on any atom is -0.493 e. The highest BCUT2D eigenvalue weighted by molar-refractivity contribution is 5.93. The van der Waals surface area contributed by atoms with E-state index in [-0.39, 0.29) is 11.8 Å². The van der Waals surface area contributed by atoms with Gasteiger partial charge in [0.15, 0.2) is 11.5 Å². The molecule has 2 unspecified atom stereocenters. The van der Waals surface area contributed by atoms with Crippen molar-refractivity contribution in [2.24, 2.45) is 17.8 Å². The molecule has 0 aliphatic heterocycles. The van der Waals surface area contributed by atoms with Crippen LogP contribution in [0.15, 0.2) is 18.2 Å². The summed E-state index contributed by atoms with van der Waals surface area (Å²) >= 11 is 0. The maximum Gasteiger partial charge on any atom is 0.227 e. The Labute approximate surface area is 119 Å². The Hall–Kier alpha value is -1.71. The van der Waals surface area contributed by atoms with Crippen molar-refractivity contribution >= 4 is 11.6 Å². The number of carbonyl (C=O) groups is 1. The van der Waals surface area contributed by atoms with E-state index in [1.165, 1.54) is 6.42 Å². The summed E-state index contributed by atoms with van der Waals surface area (Å²) in [7, 11) is 1.61. The zero-order valence-corrected chi connectivity index (χ0v) is 12.0. The Balaban J connectivity index is 1.65. The topological polar surface area (TPSA) is 47.6 Å². The number of hydrogen-bond donors (Lipinski definition) is 1. The molecule has 4 heteroatoms. The molecular weight excluding hydrogens is 254 g/mol. The monoisotopic (exact) mass is 275 g/mol. The molecule has 2 aliphatic carbocycles. The Morgan fingerprint density at radius 3 is 2.65 bits per heavy atom. The van der Waals surface area contributed by atoms with Crippen LogP contribution >= 0.6 is 0 Å². The van der Waals surface area contributed by atoms with Gasteiger partial charge < -0.3 is 14.8 Å². The molecule has 1 N–H and O–H groups in total. The molecule has 3 rings (SSSR count). The van der Waals surface area contributed by atoms with Crippen molar-refractivity contribution in [3.8, 4) is 11.5 Å². The average Bonchev–Trinajstić information content (AvgIpc) is 3.07. The van der Waals surface area contributed by atoms with Crippen molar-refractivity contribution in [3.05, 3.63) is 18.2 Å². The summed E-state index contributed by atoms with van der Waals surface area (Å²) in [6.45, 7) is 2.52. The SMILES string of the molecule is CCOc1ccc(NC(=O)C2CC3CC3C2)cc1OC. The summed E-state index contributed by atoms with van der Waals surface area (Å²) in [4.78, 5) is 12.2. The van der Waals surface area contributed by atoms with Crippen molar-refractivity contribution in [1.82, 2.24) is 0 Å². The zero-order chi connectivity index (χ0) is 14.1. The lowest BCUT2D eigenvalue weighted by molar-refractivity contribution is -0.120. The van der Waals surface area contributed by atoms with Crippen LogP contribution in [0.25, 0.3) is 0 Å². The van der Waals surface area contributed by atoms with Crippen molar-refractivity contribution in [1.29, 1.82) is 0 Å². The van der Waals surface area contributed by atoms with Crippen LogP contribution in [-0.4, -0.2) is 19.6 Å². The Morgan fingerprint density at radius 1 is 1.25 bits per heavy atom. The van der Waals surface area contributed by atoms with Crippen molar-refractivity contribution in [3.63, 3.8) is 0 Å². The maximum atomic E-state index is 12.2. The molecule has 0 aromatic heterocycles. The fraction of sp³-hybridized carbons (Fsp3) is 0.562. The van der Waals surface area contributed by atoms with Crippen LogP contribution in [0.1, 0.15) is 26.2 Å². The molecule has 2 fully saturated rings. The fourth-order valence-corrected chi connectivity index (χ4v) is 3.19. The van der Waals surface area contributed by atoms with Gasteiger partial charge in [-0.1, -0.05) is 0 Å². The first-order valence-electron chi connectivity index (χ1n) is 7.33. The van der Waals surface area contributed by atoms with Crippen LogP contribution in [0.5, 0.6) is 11.5 Å². The molecule has 108 valence electrons. The first kappa shape index (κ1) is 13.3. The van der Waals surface area contributed by atoms with Gasteiger partial charge in [-0.15, -0.1) is 0 Å². The number of anilines is 1. The highest BCUT2D eigenvalue weighted by Crippen LogP contribution is 2.54. The molecule has 2 saturated carbocycles. The number of ether oxygens (including phenoxy) is 2. The number of benzene rings is 1. The van der Waals surface area contributed by atoms with Crippen LogP contribution < -0.4 is 14.8 Å². The van der Waals surface area contributed by atoms with Crippen molar-refractivity contribution < 1.29 is 14.3 Å². The van der Waals surface area contributed by atoms with Gasteiger partial charge in [-0.2, -0.15) is 0 Å². The minimum absolute atomic E-state index is 0.142. The summed E-state index contributed by atoms with van der Waals surface area (Å²) in [5.41, 5.74) is 0.774. The predicted molar refractivity (Wildman–Crippen MR) is 77.1 cm³/mol. The third-order valence-electron chi connectivity index (χ3n) is 4.35. The quantitative estimate of drug-likeness (QED) is 0.898. The Bertz CT molecular complexity index is 504. The number of carbonyl (C=O) groups excluding carboxylic acids is 1. The van der Waals surface area contributed by atoms with Gasteiger partial charge in [0.25, 0.3) is 0 Å². The molecule has 0 heterocycles. The van der Waals surface area contributed by atoms with E-state index in [0.717, 1.165) is 30.4 Å². The third-order valence-corrected chi connectivity index (χ3v) is 4.35. The highest BCUT2D eigenvalue weighted by Gasteiger charge is 2.47. The Kier molecular flexibility index (Phi) is 3.55. The maximum absolute atomic E-state index is 12.2. The molecule has 4 nitrogen and oxygen atoms in total. The average molecular weight is 275 g/mol. The van der Waals surface area contributed by atoms with Gasteiger partial charge in [-0.25, -0.2) is 0 Å². The highest BCUT2D eigenvalue weighted by atomic mass is 16.5. The molecule has 0 radical (unpaired) electrons. The molecule has 1 aromatic rings. The number of rotatable bonds is 5. The largest absolute Gasteiger partial charge is 0.493 e. The van der Waals surface area contributed by atoms with Gasteiger partial charge in [0.05, 0.1) is 13.7 Å². The van der Waals surface area contributed by atoms with E-state index in [1.807, 2.05) is 25.1 Å². The van der Waals surface area contributed by atoms with Gasteiger partial charge in [-0.05, 0) is 50.2 Å². The molecule has 1 aromatic carbocycles. The first-order chi connectivity index (χ1) is 9.71. The number of fused-ring (bicyclic) bond motifs is 1. The first-order valence-corrected chi connectivity index (χ1v) is 7.33. The van der Waals surface area contributed by atoms with Crippen LogP contribution in [0.3, 0.4) is 0 Å². The second kappa shape index (κ2) is 5.35. The van der Waals surface area contributed by atoms with E-state index < -0.39 is 0 Å². The molecule has 0 spiro atoms. The number of nitrogens with one attached hydrogen (secondary N) is 1. The van der Waals surface area contributed by atoms with Crippen LogP contribution in [0.2, 0.25) is 0 Å². The van der Waals surface area contributed by atoms with E-state index in [2.05, 4.69) is 5.32 Å². The van der Waals surface area contributed by atoms with Gasteiger partial charge in [-0.3, -0.25) is 4.79 Å². The van der Waals surface area contributed by atoms with E-state index in [4.69, 9.17) is 9.47 Å². The lowest BCUT2D eigenvalue weighted by atomic mass is 10.0. The standard InChI is InChI=1S/C16H21NO3/c1-3-20-14-5-4-13(9-15(14)19-2)17-16(18)12-7-10-6-11(10)8-12/h4-5,9-12H,3,6-8H2,1-2H3,(H,17,18). The number of hydrogen-bond acceptors (Lipinski definition) is 3. The summed E-state index contributed by atoms with van der Waals surface area (Å²) in [6.07, 6.45) is 3.45. The van der Waals surface area contributed by atoms with Crippen LogP contribution in [-0.2, 0) is 4.79 Å². The number of methoxy groups -OCH3 is 1. The molecule has 1 amide bonds. The Morgan fingerprint density at radius 2 is 2.00 bits per heavy atom. The van der Waals surface area contributed by atoms with Gasteiger partial charge in [0.1, 0.15) is 0 Å². The molecular formula is C16H21NO3.